The Hall–Kier alpha value is -3.08. The van der Waals surface area contributed by atoms with Gasteiger partial charge >= 0.3 is 25.7 Å². The van der Waals surface area contributed by atoms with Gasteiger partial charge in [-0.05, 0) is 83.5 Å². The van der Waals surface area contributed by atoms with E-state index in [-0.39, 0.29) is 25.9 Å². The van der Waals surface area contributed by atoms with Crippen LogP contribution in [-0.2, 0) is 42.2 Å². The SMILES string of the molecule is CC/C=C\C/C=C\C/C=C\CCCCCCCCCC(=O)OCC(COP(=O)(O)OCC(CO)OC(=O)CCCCCCCCCCCCCCC)OC(=O)CCCCCCCCC/C=C\C/C=C\C/C=C\CC. The van der Waals surface area contributed by atoms with Crippen LogP contribution >= 0.6 is 7.82 Å². The Kier molecular flexibility index (Phi) is 53.8. The van der Waals surface area contributed by atoms with Gasteiger partial charge in [-0.25, -0.2) is 4.57 Å². The molecule has 0 heterocycles. The second-order valence-electron chi connectivity index (χ2n) is 19.8. The molecule has 0 fully saturated rings. The van der Waals surface area contributed by atoms with Crippen molar-refractivity contribution in [3.8, 4) is 0 Å². The summed E-state index contributed by atoms with van der Waals surface area (Å²) >= 11 is 0. The smallest absolute Gasteiger partial charge is 0.462 e. The van der Waals surface area contributed by atoms with E-state index in [1.165, 1.54) is 77.0 Å². The van der Waals surface area contributed by atoms with Gasteiger partial charge in [0.2, 0.25) is 0 Å². The zero-order valence-electron chi connectivity index (χ0n) is 47.3. The van der Waals surface area contributed by atoms with Gasteiger partial charge in [0.25, 0.3) is 0 Å². The Bertz CT molecular complexity index is 1520. The Balaban J connectivity index is 4.74. The lowest BCUT2D eigenvalue weighted by Crippen LogP contribution is -2.30. The molecular weight excluding hydrogens is 952 g/mol. The second-order valence-corrected chi connectivity index (χ2v) is 21.2. The van der Waals surface area contributed by atoms with E-state index in [9.17, 15) is 28.9 Å². The Labute approximate surface area is 452 Å². The molecule has 0 aromatic carbocycles. The monoisotopic (exact) mass is 1060 g/mol. The van der Waals surface area contributed by atoms with Gasteiger partial charge in [-0.2, -0.15) is 0 Å². The first-order valence-electron chi connectivity index (χ1n) is 29.8. The molecule has 0 radical (unpaired) electrons. The lowest BCUT2D eigenvalue weighted by molar-refractivity contribution is -0.161. The maximum atomic E-state index is 12.9. The fraction of sp³-hybridized carbons (Fsp3) is 0.758. The Morgan fingerprint density at radius 1 is 0.392 bits per heavy atom. The number of phosphoric ester groups is 1. The van der Waals surface area contributed by atoms with Crippen molar-refractivity contribution in [1.82, 2.24) is 0 Å². The van der Waals surface area contributed by atoms with Gasteiger partial charge in [-0.15, -0.1) is 0 Å². The van der Waals surface area contributed by atoms with Gasteiger partial charge in [-0.3, -0.25) is 23.4 Å². The number of aliphatic hydroxyl groups excluding tert-OH is 1. The number of allylic oxidation sites excluding steroid dienone is 12. The van der Waals surface area contributed by atoms with Gasteiger partial charge < -0.3 is 24.2 Å². The standard InChI is InChI=1S/C62H109O11P/c1-4-7-10-13-16-19-22-25-27-29-31-34-36-39-42-45-48-51-60(64)69-55-59(73-62(66)53-50-47-44-41-38-35-32-30-28-26-23-20-17-14-11-8-5-2)57-71-74(67,68)70-56-58(54-63)72-61(65)52-49-46-43-40-37-33-24-21-18-15-12-9-6-3/h7-8,10-11,16-17,19-20,25-28,58-59,63H,4-6,9,12-15,18,21-24,29-57H2,1-3H3,(H,67,68)/b10-7-,11-8-,19-16-,20-17-,27-25-,28-26-. The van der Waals surface area contributed by atoms with Crippen LogP contribution in [0.2, 0.25) is 0 Å². The van der Waals surface area contributed by atoms with Crippen molar-refractivity contribution < 1.29 is 52.2 Å². The van der Waals surface area contributed by atoms with E-state index in [1.807, 2.05) is 0 Å². The highest BCUT2D eigenvalue weighted by Crippen LogP contribution is 2.43. The normalized spacial score (nSPS) is 13.9. The lowest BCUT2D eigenvalue weighted by atomic mass is 10.0. The van der Waals surface area contributed by atoms with Crippen molar-refractivity contribution in [2.45, 2.75) is 277 Å². The third-order valence-corrected chi connectivity index (χ3v) is 13.6. The van der Waals surface area contributed by atoms with Crippen molar-refractivity contribution in [2.24, 2.45) is 0 Å². The Morgan fingerprint density at radius 2 is 0.703 bits per heavy atom. The summed E-state index contributed by atoms with van der Waals surface area (Å²) in [5, 5.41) is 9.82. The number of rotatable bonds is 55. The van der Waals surface area contributed by atoms with Crippen molar-refractivity contribution in [2.75, 3.05) is 26.4 Å². The van der Waals surface area contributed by atoms with Crippen LogP contribution < -0.4 is 0 Å². The van der Waals surface area contributed by atoms with Crippen LogP contribution in [0.1, 0.15) is 265 Å². The summed E-state index contributed by atoms with van der Waals surface area (Å²) in [6.45, 7) is 4.43. The first kappa shape index (κ1) is 70.9. The number of phosphoric acid groups is 1. The molecule has 0 rings (SSSR count). The summed E-state index contributed by atoms with van der Waals surface area (Å²) in [6.07, 6.45) is 62.8. The Morgan fingerprint density at radius 3 is 1.08 bits per heavy atom. The number of carbonyl (C=O) groups excluding carboxylic acids is 3. The van der Waals surface area contributed by atoms with Crippen LogP contribution in [0.3, 0.4) is 0 Å². The van der Waals surface area contributed by atoms with Crippen LogP contribution in [0, 0.1) is 0 Å². The van der Waals surface area contributed by atoms with Crippen molar-refractivity contribution >= 4 is 25.7 Å². The van der Waals surface area contributed by atoms with Crippen LogP contribution in [0.4, 0.5) is 0 Å². The quantitative estimate of drug-likeness (QED) is 0.0197. The highest BCUT2D eigenvalue weighted by molar-refractivity contribution is 7.47. The topological polar surface area (TPSA) is 155 Å². The lowest BCUT2D eigenvalue weighted by Gasteiger charge is -2.21. The van der Waals surface area contributed by atoms with Crippen LogP contribution in [0.15, 0.2) is 72.9 Å². The molecule has 11 nitrogen and oxygen atoms in total. The number of hydrogen-bond donors (Lipinski definition) is 2. The molecule has 0 aliphatic heterocycles. The predicted octanol–water partition coefficient (Wildman–Crippen LogP) is 17.7. The molecule has 0 aromatic rings. The molecule has 0 saturated carbocycles. The first-order valence-corrected chi connectivity index (χ1v) is 31.3. The van der Waals surface area contributed by atoms with Gasteiger partial charge in [0.1, 0.15) is 12.7 Å². The van der Waals surface area contributed by atoms with Crippen molar-refractivity contribution in [3.63, 3.8) is 0 Å². The molecule has 428 valence electrons. The fourth-order valence-electron chi connectivity index (χ4n) is 8.15. The molecule has 0 bridgehead atoms. The number of aliphatic hydroxyl groups is 1. The van der Waals surface area contributed by atoms with Crippen molar-refractivity contribution in [3.05, 3.63) is 72.9 Å². The maximum Gasteiger partial charge on any atom is 0.472 e. The maximum absolute atomic E-state index is 12.9. The molecule has 0 spiro atoms. The third-order valence-electron chi connectivity index (χ3n) is 12.6. The van der Waals surface area contributed by atoms with E-state index in [0.717, 1.165) is 128 Å². The van der Waals surface area contributed by atoms with Gasteiger partial charge in [-0.1, -0.05) is 235 Å². The highest BCUT2D eigenvalue weighted by Gasteiger charge is 2.28. The predicted molar refractivity (Wildman–Crippen MR) is 307 cm³/mol. The summed E-state index contributed by atoms with van der Waals surface area (Å²) in [5.41, 5.74) is 0. The summed E-state index contributed by atoms with van der Waals surface area (Å²) in [6, 6.07) is 0. The molecule has 2 N–H and O–H groups in total. The molecule has 74 heavy (non-hydrogen) atoms. The third kappa shape index (κ3) is 53.7. The largest absolute Gasteiger partial charge is 0.472 e. The molecule has 3 unspecified atom stereocenters. The van der Waals surface area contributed by atoms with E-state index < -0.39 is 57.8 Å². The first-order chi connectivity index (χ1) is 36.2. The molecule has 0 aromatic heterocycles. The number of hydrogen-bond acceptors (Lipinski definition) is 10. The summed E-state index contributed by atoms with van der Waals surface area (Å²) in [4.78, 5) is 48.6. The van der Waals surface area contributed by atoms with Gasteiger partial charge in [0.15, 0.2) is 6.10 Å². The van der Waals surface area contributed by atoms with E-state index in [2.05, 4.69) is 93.7 Å². The van der Waals surface area contributed by atoms with Crippen LogP contribution in [-0.4, -0.2) is 66.5 Å². The molecule has 3 atom stereocenters. The summed E-state index contributed by atoms with van der Waals surface area (Å²) in [5.74, 6) is -1.48. The molecule has 0 aliphatic rings. The average molecular weight is 1060 g/mol. The van der Waals surface area contributed by atoms with E-state index in [0.29, 0.717) is 19.3 Å². The van der Waals surface area contributed by atoms with E-state index in [1.54, 1.807) is 0 Å². The molecule has 0 aliphatic carbocycles. The zero-order chi connectivity index (χ0) is 54.1. The van der Waals surface area contributed by atoms with Gasteiger partial charge in [0.05, 0.1) is 19.8 Å². The van der Waals surface area contributed by atoms with Crippen LogP contribution in [0.5, 0.6) is 0 Å². The van der Waals surface area contributed by atoms with E-state index >= 15 is 0 Å². The minimum atomic E-state index is -4.75. The fourth-order valence-corrected chi connectivity index (χ4v) is 8.93. The highest BCUT2D eigenvalue weighted by atomic mass is 31.2. The molecule has 0 saturated heterocycles. The molecule has 0 amide bonds. The van der Waals surface area contributed by atoms with E-state index in [4.69, 9.17) is 23.3 Å². The molecular formula is C62H109O11P. The summed E-state index contributed by atoms with van der Waals surface area (Å²) < 4.78 is 39.6. The number of ether oxygens (including phenoxy) is 3. The second kappa shape index (κ2) is 56.1. The van der Waals surface area contributed by atoms with Crippen LogP contribution in [0.25, 0.3) is 0 Å². The average Bonchev–Trinajstić information content (AvgIpc) is 3.39. The van der Waals surface area contributed by atoms with Gasteiger partial charge in [0, 0.05) is 19.3 Å². The minimum absolute atomic E-state index is 0.153. The number of carbonyl (C=O) groups is 3. The number of unbranched alkanes of at least 4 members (excludes halogenated alkanes) is 26. The van der Waals surface area contributed by atoms with Crippen molar-refractivity contribution in [1.29, 1.82) is 0 Å². The molecule has 12 heteroatoms. The summed E-state index contributed by atoms with van der Waals surface area (Å²) in [7, 11) is -4.75. The zero-order valence-corrected chi connectivity index (χ0v) is 48.2. The minimum Gasteiger partial charge on any atom is -0.462 e. The number of esters is 3.